The maximum absolute atomic E-state index is 13.5. The van der Waals surface area contributed by atoms with Gasteiger partial charge in [0.15, 0.2) is 0 Å². The van der Waals surface area contributed by atoms with Gasteiger partial charge in [0, 0.05) is 29.9 Å². The molecule has 0 spiro atoms. The summed E-state index contributed by atoms with van der Waals surface area (Å²) in [5.41, 5.74) is 4.99. The van der Waals surface area contributed by atoms with Crippen LogP contribution in [0.1, 0.15) is 67.0 Å². The quantitative estimate of drug-likeness (QED) is 0.101. The molecule has 0 bridgehead atoms. The average molecular weight is 730 g/mol. The van der Waals surface area contributed by atoms with Crippen molar-refractivity contribution in [2.24, 2.45) is 5.10 Å². The molecule has 266 valence electrons. The number of carboxylic acids is 1. The van der Waals surface area contributed by atoms with Crippen molar-refractivity contribution < 1.29 is 32.7 Å². The zero-order valence-corrected chi connectivity index (χ0v) is 28.2. The second-order valence-corrected chi connectivity index (χ2v) is 12.5. The molecule has 2 heterocycles. The summed E-state index contributed by atoms with van der Waals surface area (Å²) < 4.78 is 41.5. The van der Waals surface area contributed by atoms with Gasteiger partial charge in [-0.1, -0.05) is 47.1 Å². The van der Waals surface area contributed by atoms with Crippen LogP contribution in [0, 0.1) is 0 Å². The summed E-state index contributed by atoms with van der Waals surface area (Å²) >= 11 is 5.71. The summed E-state index contributed by atoms with van der Waals surface area (Å²) in [6, 6.07) is 21.5. The van der Waals surface area contributed by atoms with Crippen molar-refractivity contribution in [3.8, 4) is 11.3 Å². The van der Waals surface area contributed by atoms with Gasteiger partial charge < -0.3 is 15.3 Å². The van der Waals surface area contributed by atoms with Gasteiger partial charge in [0.25, 0.3) is 11.8 Å². The topological polar surface area (TPSA) is 142 Å². The second kappa shape index (κ2) is 15.5. The number of nitrogens with one attached hydrogen (secondary N) is 2. The summed E-state index contributed by atoms with van der Waals surface area (Å²) in [5.74, 6) is -2.19. The number of aromatic nitrogens is 3. The number of rotatable bonds is 10. The van der Waals surface area contributed by atoms with E-state index < -0.39 is 34.5 Å². The van der Waals surface area contributed by atoms with Crippen molar-refractivity contribution >= 4 is 47.0 Å². The number of hydrazone groups is 1. The highest BCUT2D eigenvalue weighted by molar-refractivity contribution is 6.31. The van der Waals surface area contributed by atoms with Crippen molar-refractivity contribution in [1.82, 2.24) is 20.4 Å². The van der Waals surface area contributed by atoms with Crippen LogP contribution in [-0.4, -0.2) is 57.2 Å². The van der Waals surface area contributed by atoms with E-state index in [0.29, 0.717) is 16.8 Å². The first-order chi connectivity index (χ1) is 24.9. The molecule has 0 radical (unpaired) electrons. The Morgan fingerprint density at radius 2 is 1.67 bits per heavy atom. The summed E-state index contributed by atoms with van der Waals surface area (Å²) in [6.45, 7) is 1.90. The molecule has 15 heteroatoms. The van der Waals surface area contributed by atoms with Gasteiger partial charge in [0.05, 0.1) is 46.4 Å². The maximum atomic E-state index is 13.5. The third-order valence-electron chi connectivity index (χ3n) is 8.39. The maximum Gasteiger partial charge on any atom is 0.417 e. The first-order valence-electron chi connectivity index (χ1n) is 16.2. The molecule has 1 aliphatic rings. The lowest BCUT2D eigenvalue weighted by Crippen LogP contribution is -2.30. The predicted octanol–water partition coefficient (Wildman–Crippen LogP) is 7.37. The van der Waals surface area contributed by atoms with E-state index >= 15 is 0 Å². The molecule has 1 aliphatic heterocycles. The van der Waals surface area contributed by atoms with Gasteiger partial charge in [0.2, 0.25) is 0 Å². The SMILES string of the molecule is O=C(O)c1ccc(-c2cn(Cc3cccc(C(=O)Nc4ccc(N5CCCCC5)cc4C(=O)NN=Cc4ccc(Cl)c(C(F)(F)F)c4)c3)nn2)cc1. The van der Waals surface area contributed by atoms with Crippen LogP contribution in [0.4, 0.5) is 24.5 Å². The Morgan fingerprint density at radius 1 is 0.904 bits per heavy atom. The number of carbonyl (C=O) groups excluding carboxylic acids is 2. The molecule has 0 aliphatic carbocycles. The summed E-state index contributed by atoms with van der Waals surface area (Å²) in [4.78, 5) is 40.3. The number of carbonyl (C=O) groups is 3. The molecule has 0 unspecified atom stereocenters. The molecular formula is C37H31ClF3N7O4. The minimum absolute atomic E-state index is 0.0732. The summed E-state index contributed by atoms with van der Waals surface area (Å²) in [5, 5.41) is 23.7. The smallest absolute Gasteiger partial charge is 0.417 e. The van der Waals surface area contributed by atoms with Crippen LogP contribution < -0.4 is 15.6 Å². The lowest BCUT2D eigenvalue weighted by Gasteiger charge is -2.29. The molecule has 52 heavy (non-hydrogen) atoms. The Bertz CT molecular complexity index is 2150. The van der Waals surface area contributed by atoms with Crippen LogP contribution in [0.3, 0.4) is 0 Å². The Labute approximate surface area is 300 Å². The Kier molecular flexibility index (Phi) is 10.7. The van der Waals surface area contributed by atoms with Gasteiger partial charge >= 0.3 is 12.1 Å². The van der Waals surface area contributed by atoms with Gasteiger partial charge in [-0.05, 0) is 85.0 Å². The number of hydrogen-bond donors (Lipinski definition) is 3. The molecule has 4 aromatic carbocycles. The summed E-state index contributed by atoms with van der Waals surface area (Å²) in [7, 11) is 0. The fourth-order valence-corrected chi connectivity index (χ4v) is 5.95. The number of anilines is 2. The molecule has 2 amide bonds. The van der Waals surface area contributed by atoms with E-state index in [2.05, 4.69) is 31.1 Å². The van der Waals surface area contributed by atoms with E-state index in [1.54, 1.807) is 53.3 Å². The number of amides is 2. The van der Waals surface area contributed by atoms with E-state index in [-0.39, 0.29) is 28.9 Å². The molecule has 6 rings (SSSR count). The normalized spacial score (nSPS) is 13.3. The minimum atomic E-state index is -4.66. The highest BCUT2D eigenvalue weighted by Gasteiger charge is 2.33. The Morgan fingerprint density at radius 3 is 2.40 bits per heavy atom. The minimum Gasteiger partial charge on any atom is -0.478 e. The number of nitrogens with zero attached hydrogens (tertiary/aromatic N) is 5. The monoisotopic (exact) mass is 729 g/mol. The van der Waals surface area contributed by atoms with E-state index in [1.807, 2.05) is 12.1 Å². The summed E-state index contributed by atoms with van der Waals surface area (Å²) in [6.07, 6.45) is 1.23. The highest BCUT2D eigenvalue weighted by Crippen LogP contribution is 2.35. The van der Waals surface area contributed by atoms with E-state index in [1.165, 1.54) is 18.2 Å². The van der Waals surface area contributed by atoms with Crippen LogP contribution in [0.25, 0.3) is 11.3 Å². The standard InChI is InChI=1S/C37H31ClF3N7O4/c38-31-13-7-23(18-30(31)37(39,40)41)20-42-45-35(50)29-19-28(47-15-2-1-3-16-47)12-14-32(29)43-34(49)27-6-4-5-24(17-27)21-48-22-33(44-46-48)25-8-10-26(11-9-25)36(51)52/h4-14,17-20,22H,1-3,15-16,21H2,(H,43,49)(H,45,50)(H,51,52). The number of aromatic carboxylic acids is 1. The number of benzene rings is 4. The van der Waals surface area contributed by atoms with Gasteiger partial charge in [-0.15, -0.1) is 5.10 Å². The largest absolute Gasteiger partial charge is 0.478 e. The van der Waals surface area contributed by atoms with Crippen LogP contribution in [-0.2, 0) is 12.7 Å². The van der Waals surface area contributed by atoms with Gasteiger partial charge in [0.1, 0.15) is 5.69 Å². The zero-order chi connectivity index (χ0) is 36.8. The molecule has 5 aromatic rings. The highest BCUT2D eigenvalue weighted by atomic mass is 35.5. The number of hydrogen-bond acceptors (Lipinski definition) is 7. The molecule has 1 saturated heterocycles. The van der Waals surface area contributed by atoms with Crippen molar-refractivity contribution in [3.05, 3.63) is 130 Å². The molecule has 1 aromatic heterocycles. The van der Waals surface area contributed by atoms with E-state index in [9.17, 15) is 27.6 Å². The lowest BCUT2D eigenvalue weighted by molar-refractivity contribution is -0.137. The van der Waals surface area contributed by atoms with Gasteiger partial charge in [-0.25, -0.2) is 14.9 Å². The molecule has 1 fully saturated rings. The lowest BCUT2D eigenvalue weighted by atomic mass is 10.1. The number of halogens is 4. The first-order valence-corrected chi connectivity index (χ1v) is 16.6. The van der Waals surface area contributed by atoms with Crippen molar-refractivity contribution in [3.63, 3.8) is 0 Å². The number of alkyl halides is 3. The van der Waals surface area contributed by atoms with E-state index in [4.69, 9.17) is 16.7 Å². The fourth-order valence-electron chi connectivity index (χ4n) is 5.73. The van der Waals surface area contributed by atoms with Crippen molar-refractivity contribution in [1.29, 1.82) is 0 Å². The Hall–Kier alpha value is -6.02. The van der Waals surface area contributed by atoms with Crippen LogP contribution in [0.2, 0.25) is 5.02 Å². The third-order valence-corrected chi connectivity index (χ3v) is 8.72. The van der Waals surface area contributed by atoms with E-state index in [0.717, 1.165) is 62.0 Å². The molecular weight excluding hydrogens is 699 g/mol. The molecule has 0 saturated carbocycles. The predicted molar refractivity (Wildman–Crippen MR) is 190 cm³/mol. The zero-order valence-electron chi connectivity index (χ0n) is 27.4. The Balaban J connectivity index is 1.18. The average Bonchev–Trinajstić information content (AvgIpc) is 3.60. The first kappa shape index (κ1) is 35.8. The van der Waals surface area contributed by atoms with Crippen molar-refractivity contribution in [2.45, 2.75) is 32.0 Å². The fraction of sp³-hybridized carbons (Fsp3) is 0.189. The second-order valence-electron chi connectivity index (χ2n) is 12.1. The molecule has 3 N–H and O–H groups in total. The van der Waals surface area contributed by atoms with Crippen LogP contribution in [0.5, 0.6) is 0 Å². The number of piperidine rings is 1. The van der Waals surface area contributed by atoms with Gasteiger partial charge in [-0.2, -0.15) is 18.3 Å². The molecule has 11 nitrogen and oxygen atoms in total. The third kappa shape index (κ3) is 8.64. The van der Waals surface area contributed by atoms with Gasteiger partial charge in [-0.3, -0.25) is 9.59 Å². The van der Waals surface area contributed by atoms with Crippen molar-refractivity contribution in [2.75, 3.05) is 23.3 Å². The van der Waals surface area contributed by atoms with Crippen LogP contribution >= 0.6 is 11.6 Å². The van der Waals surface area contributed by atoms with Crippen LogP contribution in [0.15, 0.2) is 96.2 Å². The molecule has 0 atom stereocenters. The number of carboxylic acid groups (broad SMARTS) is 1.